The highest BCUT2D eigenvalue weighted by Crippen LogP contribution is 2.27. The molecule has 0 spiro atoms. The molecule has 1 atom stereocenters. The van der Waals surface area contributed by atoms with Crippen molar-refractivity contribution in [2.45, 2.75) is 19.0 Å². The lowest BCUT2D eigenvalue weighted by Gasteiger charge is -2.24. The number of nitrogen functional groups attached to an aromatic ring is 1. The van der Waals surface area contributed by atoms with Crippen LogP contribution in [0.3, 0.4) is 0 Å². The summed E-state index contributed by atoms with van der Waals surface area (Å²) < 4.78 is 4.67. The number of nitrogens with two attached hydrogens (primary N) is 1. The number of benzene rings is 1. The van der Waals surface area contributed by atoms with Gasteiger partial charge in [-0.15, -0.1) is 0 Å². The number of nitrogens with one attached hydrogen (secondary N) is 1. The first kappa shape index (κ1) is 10.8. The molecule has 1 aromatic rings. The van der Waals surface area contributed by atoms with Crippen LogP contribution in [-0.2, 0) is 22.5 Å². The fourth-order valence-electron chi connectivity index (χ4n) is 1.88. The zero-order valence-electron chi connectivity index (χ0n) is 8.99. The molecule has 0 unspecified atom stereocenters. The molecular formula is C11H14N2O3. The van der Waals surface area contributed by atoms with Crippen LogP contribution in [0.1, 0.15) is 11.1 Å². The van der Waals surface area contributed by atoms with Gasteiger partial charge in [0.1, 0.15) is 11.8 Å². The zero-order chi connectivity index (χ0) is 11.7. The van der Waals surface area contributed by atoms with Crippen molar-refractivity contribution < 1.29 is 14.6 Å². The number of phenolic OH excluding ortho intramolecular Hbond substituents is 1. The number of fused-ring (bicyclic) bond motifs is 1. The molecule has 5 heteroatoms. The van der Waals surface area contributed by atoms with E-state index >= 15 is 0 Å². The monoisotopic (exact) mass is 222 g/mol. The van der Waals surface area contributed by atoms with E-state index < -0.39 is 0 Å². The molecule has 0 saturated heterocycles. The Kier molecular flexibility index (Phi) is 2.70. The average Bonchev–Trinajstić information content (AvgIpc) is 2.29. The van der Waals surface area contributed by atoms with Gasteiger partial charge in [0.25, 0.3) is 0 Å². The summed E-state index contributed by atoms with van der Waals surface area (Å²) in [6.45, 7) is 0.555. The third-order valence-electron chi connectivity index (χ3n) is 2.80. The van der Waals surface area contributed by atoms with E-state index in [1.807, 2.05) is 0 Å². The topological polar surface area (TPSA) is 84.6 Å². The second-order valence-corrected chi connectivity index (χ2v) is 3.84. The van der Waals surface area contributed by atoms with E-state index in [1.54, 1.807) is 12.1 Å². The number of carbonyl (C=O) groups is 1. The summed E-state index contributed by atoms with van der Waals surface area (Å²) in [6.07, 6.45) is 0.510. The Morgan fingerprint density at radius 2 is 2.31 bits per heavy atom. The Bertz CT molecular complexity index is 431. The lowest BCUT2D eigenvalue weighted by Crippen LogP contribution is -2.42. The van der Waals surface area contributed by atoms with Gasteiger partial charge in [0.15, 0.2) is 0 Å². The SMILES string of the molecule is COC(=O)[C@@H]1Cc2cc(O)c(N)cc2CN1. The van der Waals surface area contributed by atoms with Crippen LogP contribution in [0.25, 0.3) is 0 Å². The van der Waals surface area contributed by atoms with E-state index in [-0.39, 0.29) is 17.8 Å². The van der Waals surface area contributed by atoms with Gasteiger partial charge in [-0.2, -0.15) is 0 Å². The van der Waals surface area contributed by atoms with Crippen molar-refractivity contribution in [1.29, 1.82) is 0 Å². The summed E-state index contributed by atoms with van der Waals surface area (Å²) in [5.41, 5.74) is 7.89. The highest BCUT2D eigenvalue weighted by atomic mass is 16.5. The van der Waals surface area contributed by atoms with E-state index in [0.29, 0.717) is 18.7 Å². The summed E-state index contributed by atoms with van der Waals surface area (Å²) in [5, 5.41) is 12.6. The van der Waals surface area contributed by atoms with Crippen molar-refractivity contribution in [3.63, 3.8) is 0 Å². The Morgan fingerprint density at radius 1 is 1.56 bits per heavy atom. The van der Waals surface area contributed by atoms with Crippen LogP contribution >= 0.6 is 0 Å². The molecule has 1 aliphatic rings. The molecule has 1 heterocycles. The lowest BCUT2D eigenvalue weighted by molar-refractivity contribution is -0.143. The number of carbonyl (C=O) groups excluding carboxylic acids is 1. The molecule has 0 amide bonds. The first-order valence-electron chi connectivity index (χ1n) is 5.03. The van der Waals surface area contributed by atoms with E-state index in [0.717, 1.165) is 11.1 Å². The number of aromatic hydroxyl groups is 1. The van der Waals surface area contributed by atoms with E-state index in [2.05, 4.69) is 10.1 Å². The fourth-order valence-corrected chi connectivity index (χ4v) is 1.88. The maximum atomic E-state index is 11.4. The summed E-state index contributed by atoms with van der Waals surface area (Å²) in [6, 6.07) is 2.99. The lowest BCUT2D eigenvalue weighted by atomic mass is 9.95. The van der Waals surface area contributed by atoms with E-state index in [1.165, 1.54) is 7.11 Å². The third-order valence-corrected chi connectivity index (χ3v) is 2.80. The maximum Gasteiger partial charge on any atom is 0.323 e. The molecule has 16 heavy (non-hydrogen) atoms. The van der Waals surface area contributed by atoms with Crippen LogP contribution < -0.4 is 11.1 Å². The van der Waals surface area contributed by atoms with Crippen molar-refractivity contribution in [2.75, 3.05) is 12.8 Å². The van der Waals surface area contributed by atoms with Gasteiger partial charge in [0.2, 0.25) is 0 Å². The van der Waals surface area contributed by atoms with E-state index in [9.17, 15) is 9.90 Å². The second-order valence-electron chi connectivity index (χ2n) is 3.84. The smallest absolute Gasteiger partial charge is 0.323 e. The van der Waals surface area contributed by atoms with Crippen molar-refractivity contribution in [1.82, 2.24) is 5.32 Å². The normalized spacial score (nSPS) is 18.9. The van der Waals surface area contributed by atoms with Gasteiger partial charge in [-0.3, -0.25) is 4.79 Å². The van der Waals surface area contributed by atoms with Crippen molar-refractivity contribution in [2.24, 2.45) is 0 Å². The Hall–Kier alpha value is -1.75. The predicted molar refractivity (Wildman–Crippen MR) is 58.9 cm³/mol. The molecule has 0 bridgehead atoms. The number of phenols is 1. The van der Waals surface area contributed by atoms with E-state index in [4.69, 9.17) is 5.73 Å². The summed E-state index contributed by atoms with van der Waals surface area (Å²) >= 11 is 0. The first-order chi connectivity index (χ1) is 7.61. The molecule has 1 aromatic carbocycles. The highest BCUT2D eigenvalue weighted by Gasteiger charge is 2.25. The molecule has 0 radical (unpaired) electrons. The molecule has 4 N–H and O–H groups in total. The molecule has 86 valence electrons. The van der Waals surface area contributed by atoms with Gasteiger partial charge in [0, 0.05) is 6.54 Å². The van der Waals surface area contributed by atoms with Gasteiger partial charge in [-0.25, -0.2) is 0 Å². The summed E-state index contributed by atoms with van der Waals surface area (Å²) in [7, 11) is 1.36. The van der Waals surface area contributed by atoms with Crippen LogP contribution in [-0.4, -0.2) is 24.2 Å². The first-order valence-corrected chi connectivity index (χ1v) is 5.03. The second kappa shape index (κ2) is 4.02. The van der Waals surface area contributed by atoms with Crippen LogP contribution in [0, 0.1) is 0 Å². The molecule has 5 nitrogen and oxygen atoms in total. The molecule has 1 aliphatic heterocycles. The predicted octanol–water partition coefficient (Wildman–Crippen LogP) is 0.162. The molecule has 0 fully saturated rings. The Morgan fingerprint density at radius 3 is 3.00 bits per heavy atom. The summed E-state index contributed by atoms with van der Waals surface area (Å²) in [4.78, 5) is 11.4. The van der Waals surface area contributed by atoms with Gasteiger partial charge in [0.05, 0.1) is 12.8 Å². The fraction of sp³-hybridized carbons (Fsp3) is 0.364. The average molecular weight is 222 g/mol. The summed E-state index contributed by atoms with van der Waals surface area (Å²) in [5.74, 6) is -0.230. The van der Waals surface area contributed by atoms with Crippen LogP contribution in [0.15, 0.2) is 12.1 Å². The Labute approximate surface area is 93.2 Å². The number of esters is 1. The largest absolute Gasteiger partial charge is 0.506 e. The quantitative estimate of drug-likeness (QED) is 0.358. The van der Waals surface area contributed by atoms with Gasteiger partial charge in [-0.1, -0.05) is 0 Å². The molecule has 2 rings (SSSR count). The molecular weight excluding hydrogens is 208 g/mol. The molecule has 0 aromatic heterocycles. The van der Waals surface area contributed by atoms with Crippen LogP contribution in [0.4, 0.5) is 5.69 Å². The van der Waals surface area contributed by atoms with Gasteiger partial charge in [-0.05, 0) is 29.7 Å². The van der Waals surface area contributed by atoms with Gasteiger partial charge < -0.3 is 20.9 Å². The standard InChI is InChI=1S/C11H14N2O3/c1-16-11(15)9-3-6-4-10(14)8(12)2-7(6)5-13-9/h2,4,9,13-14H,3,5,12H2,1H3/t9-/m0/s1. The number of hydrogen-bond donors (Lipinski definition) is 3. The van der Waals surface area contributed by atoms with Crippen LogP contribution in [0.2, 0.25) is 0 Å². The Balaban J connectivity index is 2.27. The van der Waals surface area contributed by atoms with Crippen molar-refractivity contribution in [3.05, 3.63) is 23.3 Å². The molecule has 0 saturated carbocycles. The number of methoxy groups -OCH3 is 1. The number of rotatable bonds is 1. The number of ether oxygens (including phenoxy) is 1. The molecule has 0 aliphatic carbocycles. The minimum absolute atomic E-state index is 0.0595. The van der Waals surface area contributed by atoms with Gasteiger partial charge >= 0.3 is 5.97 Å². The van der Waals surface area contributed by atoms with Crippen molar-refractivity contribution in [3.8, 4) is 5.75 Å². The minimum Gasteiger partial charge on any atom is -0.506 e. The number of anilines is 1. The highest BCUT2D eigenvalue weighted by molar-refractivity contribution is 5.76. The van der Waals surface area contributed by atoms with Crippen LogP contribution in [0.5, 0.6) is 5.75 Å². The minimum atomic E-state index is -0.347. The zero-order valence-corrected chi connectivity index (χ0v) is 8.99. The third kappa shape index (κ3) is 1.81. The van der Waals surface area contributed by atoms with Crippen molar-refractivity contribution >= 4 is 11.7 Å². The maximum absolute atomic E-state index is 11.4. The number of hydrogen-bond acceptors (Lipinski definition) is 5.